The predicted molar refractivity (Wildman–Crippen MR) is 98.9 cm³/mol. The molecule has 0 fully saturated rings. The first-order chi connectivity index (χ1) is 12.4. The lowest BCUT2D eigenvalue weighted by atomic mass is 10.2. The van der Waals surface area contributed by atoms with E-state index in [1.54, 1.807) is 29.9 Å². The molecule has 1 amide bonds. The Bertz CT molecular complexity index is 1040. The summed E-state index contributed by atoms with van der Waals surface area (Å²) in [7, 11) is -2.26. The Labute approximate surface area is 151 Å². The highest BCUT2D eigenvalue weighted by molar-refractivity contribution is 7.89. The van der Waals surface area contributed by atoms with Crippen LogP contribution in [0.25, 0.3) is 5.69 Å². The normalized spacial score (nSPS) is 11.3. The van der Waals surface area contributed by atoms with Crippen LogP contribution in [0.1, 0.15) is 15.9 Å². The molecule has 2 aromatic carbocycles. The predicted octanol–water partition coefficient (Wildman–Crippen LogP) is 2.34. The molecule has 0 unspecified atom stereocenters. The number of nitrogens with zero attached hydrogens (tertiary/aromatic N) is 2. The monoisotopic (exact) mass is 370 g/mol. The van der Waals surface area contributed by atoms with E-state index < -0.39 is 10.0 Å². The second kappa shape index (κ2) is 7.11. The molecule has 2 N–H and O–H groups in total. The topological polar surface area (TPSA) is 93.1 Å². The lowest BCUT2D eigenvalue weighted by Gasteiger charge is -2.10. The average molecular weight is 370 g/mol. The Morgan fingerprint density at radius 2 is 1.85 bits per heavy atom. The van der Waals surface area contributed by atoms with E-state index in [2.05, 4.69) is 15.1 Å². The summed E-state index contributed by atoms with van der Waals surface area (Å²) in [6.45, 7) is 1.69. The molecule has 0 spiro atoms. The van der Waals surface area contributed by atoms with E-state index in [-0.39, 0.29) is 10.8 Å². The molecule has 0 aliphatic rings. The number of nitrogens with one attached hydrogen (secondary N) is 2. The van der Waals surface area contributed by atoms with Crippen LogP contribution in [0.15, 0.2) is 65.8 Å². The van der Waals surface area contributed by atoms with Gasteiger partial charge in [0.15, 0.2) is 0 Å². The standard InChI is InChI=1S/C18H18N4O3S/c1-13-8-9-15(10-17(13)26(24,25)19-2)21-18(23)14-11-20-22(12-14)16-6-4-3-5-7-16/h3-12,19H,1-2H3,(H,21,23). The molecule has 134 valence electrons. The summed E-state index contributed by atoms with van der Waals surface area (Å²) in [6, 6.07) is 14.2. The zero-order valence-electron chi connectivity index (χ0n) is 14.3. The van der Waals surface area contributed by atoms with E-state index >= 15 is 0 Å². The largest absolute Gasteiger partial charge is 0.322 e. The zero-order valence-corrected chi connectivity index (χ0v) is 15.1. The highest BCUT2D eigenvalue weighted by Gasteiger charge is 2.16. The average Bonchev–Trinajstić information content (AvgIpc) is 3.14. The van der Waals surface area contributed by atoms with Crippen molar-refractivity contribution < 1.29 is 13.2 Å². The number of hydrogen-bond donors (Lipinski definition) is 2. The van der Waals surface area contributed by atoms with Crippen LogP contribution in [0.4, 0.5) is 5.69 Å². The van der Waals surface area contributed by atoms with E-state index in [0.29, 0.717) is 16.8 Å². The van der Waals surface area contributed by atoms with Gasteiger partial charge in [-0.05, 0) is 43.8 Å². The summed E-state index contributed by atoms with van der Waals surface area (Å²) in [6.07, 6.45) is 3.08. The first-order valence-corrected chi connectivity index (χ1v) is 9.34. The minimum atomic E-state index is -3.60. The summed E-state index contributed by atoms with van der Waals surface area (Å²) < 4.78 is 28.0. The van der Waals surface area contributed by atoms with Crippen LogP contribution in [0.5, 0.6) is 0 Å². The highest BCUT2D eigenvalue weighted by atomic mass is 32.2. The molecule has 0 saturated carbocycles. The molecule has 0 atom stereocenters. The van der Waals surface area contributed by atoms with Gasteiger partial charge in [-0.15, -0.1) is 0 Å². The second-order valence-corrected chi connectivity index (χ2v) is 7.51. The summed E-state index contributed by atoms with van der Waals surface area (Å²) >= 11 is 0. The maximum absolute atomic E-state index is 12.4. The molecule has 7 nitrogen and oxygen atoms in total. The van der Waals surface area contributed by atoms with Crippen molar-refractivity contribution in [2.45, 2.75) is 11.8 Å². The van der Waals surface area contributed by atoms with Crippen molar-refractivity contribution >= 4 is 21.6 Å². The van der Waals surface area contributed by atoms with Crippen LogP contribution in [-0.2, 0) is 10.0 Å². The number of para-hydroxylation sites is 1. The van der Waals surface area contributed by atoms with Gasteiger partial charge in [-0.1, -0.05) is 24.3 Å². The van der Waals surface area contributed by atoms with E-state index in [9.17, 15) is 13.2 Å². The first kappa shape index (κ1) is 17.8. The van der Waals surface area contributed by atoms with Crippen molar-refractivity contribution in [3.05, 3.63) is 72.1 Å². The lowest BCUT2D eigenvalue weighted by Crippen LogP contribution is -2.20. The van der Waals surface area contributed by atoms with Gasteiger partial charge < -0.3 is 5.32 Å². The van der Waals surface area contributed by atoms with Crippen molar-refractivity contribution in [2.75, 3.05) is 12.4 Å². The number of aromatic nitrogens is 2. The van der Waals surface area contributed by atoms with E-state index in [4.69, 9.17) is 0 Å². The maximum Gasteiger partial charge on any atom is 0.258 e. The van der Waals surface area contributed by atoms with E-state index in [1.807, 2.05) is 30.3 Å². The maximum atomic E-state index is 12.4. The number of aryl methyl sites for hydroxylation is 1. The van der Waals surface area contributed by atoms with Gasteiger partial charge in [-0.25, -0.2) is 17.8 Å². The Kier molecular flexibility index (Phi) is 4.88. The van der Waals surface area contributed by atoms with Crippen LogP contribution >= 0.6 is 0 Å². The highest BCUT2D eigenvalue weighted by Crippen LogP contribution is 2.20. The van der Waals surface area contributed by atoms with Gasteiger partial charge in [0.25, 0.3) is 5.91 Å². The summed E-state index contributed by atoms with van der Waals surface area (Å²) in [5, 5.41) is 6.89. The van der Waals surface area contributed by atoms with Crippen LogP contribution in [0, 0.1) is 6.92 Å². The smallest absolute Gasteiger partial charge is 0.258 e. The molecule has 26 heavy (non-hydrogen) atoms. The molecular weight excluding hydrogens is 352 g/mol. The van der Waals surface area contributed by atoms with Crippen LogP contribution < -0.4 is 10.0 Å². The van der Waals surface area contributed by atoms with Crippen LogP contribution in [0.3, 0.4) is 0 Å². The number of hydrogen-bond acceptors (Lipinski definition) is 4. The molecule has 3 rings (SSSR count). The molecular formula is C18H18N4O3S. The quantitative estimate of drug-likeness (QED) is 0.721. The van der Waals surface area contributed by atoms with Crippen molar-refractivity contribution in [3.8, 4) is 5.69 Å². The number of sulfonamides is 1. The number of rotatable bonds is 5. The number of amides is 1. The molecule has 0 bridgehead atoms. The van der Waals surface area contributed by atoms with Crippen LogP contribution in [0.2, 0.25) is 0 Å². The summed E-state index contributed by atoms with van der Waals surface area (Å²) in [4.78, 5) is 12.6. The van der Waals surface area contributed by atoms with Crippen molar-refractivity contribution in [3.63, 3.8) is 0 Å². The van der Waals surface area contributed by atoms with Gasteiger partial charge in [0.1, 0.15) is 0 Å². The number of carbonyl (C=O) groups excluding carboxylic acids is 1. The van der Waals surface area contributed by atoms with Gasteiger partial charge in [-0.3, -0.25) is 4.79 Å². The fourth-order valence-corrected chi connectivity index (χ4v) is 3.44. The van der Waals surface area contributed by atoms with Crippen LogP contribution in [-0.4, -0.2) is 31.2 Å². The molecule has 3 aromatic rings. The fraction of sp³-hybridized carbons (Fsp3) is 0.111. The van der Waals surface area contributed by atoms with Gasteiger partial charge in [0, 0.05) is 11.9 Å². The molecule has 8 heteroatoms. The third kappa shape index (κ3) is 3.66. The molecule has 1 heterocycles. The minimum absolute atomic E-state index is 0.123. The molecule has 1 aromatic heterocycles. The Balaban J connectivity index is 1.83. The lowest BCUT2D eigenvalue weighted by molar-refractivity contribution is 0.102. The van der Waals surface area contributed by atoms with Crippen molar-refractivity contribution in [1.82, 2.24) is 14.5 Å². The molecule has 0 aliphatic carbocycles. The molecule has 0 radical (unpaired) electrons. The van der Waals surface area contributed by atoms with Gasteiger partial charge in [0.05, 0.1) is 22.3 Å². The summed E-state index contributed by atoms with van der Waals surface area (Å²) in [5.41, 5.74) is 2.19. The van der Waals surface area contributed by atoms with E-state index in [1.165, 1.54) is 19.3 Å². The fourth-order valence-electron chi connectivity index (χ4n) is 2.44. The number of anilines is 1. The molecule has 0 aliphatic heterocycles. The zero-order chi connectivity index (χ0) is 18.7. The van der Waals surface area contributed by atoms with E-state index in [0.717, 1.165) is 5.69 Å². The first-order valence-electron chi connectivity index (χ1n) is 7.86. The SMILES string of the molecule is CNS(=O)(=O)c1cc(NC(=O)c2cnn(-c3ccccc3)c2)ccc1C. The second-order valence-electron chi connectivity index (χ2n) is 5.65. The molecule has 0 saturated heterocycles. The summed E-state index contributed by atoms with van der Waals surface area (Å²) in [5.74, 6) is -0.371. The minimum Gasteiger partial charge on any atom is -0.322 e. The van der Waals surface area contributed by atoms with Crippen molar-refractivity contribution in [2.24, 2.45) is 0 Å². The van der Waals surface area contributed by atoms with Gasteiger partial charge >= 0.3 is 0 Å². The number of benzene rings is 2. The Hall–Kier alpha value is -2.97. The Morgan fingerprint density at radius 3 is 2.54 bits per heavy atom. The third-order valence-corrected chi connectivity index (χ3v) is 5.43. The van der Waals surface area contributed by atoms with Gasteiger partial charge in [-0.2, -0.15) is 5.10 Å². The third-order valence-electron chi connectivity index (χ3n) is 3.87. The Morgan fingerprint density at radius 1 is 1.12 bits per heavy atom. The number of carbonyl (C=O) groups is 1. The van der Waals surface area contributed by atoms with Gasteiger partial charge in [0.2, 0.25) is 10.0 Å². The van der Waals surface area contributed by atoms with Crippen molar-refractivity contribution in [1.29, 1.82) is 0 Å².